The maximum Gasteiger partial charge on any atom is 0.250 e. The highest BCUT2D eigenvalue weighted by Crippen LogP contribution is 2.28. The standard InChI is InChI=1S/C23H24ClN3OS/c1-16-10-12-27(13-11-16)15-18-4-8-20-21(14-18)29-23(25-20)26-22(28)9-5-17-2-6-19(24)7-3-17/h2-9,14,16H,10-13,15H2,1H3,(H,25,26,28)/b9-5+. The van der Waals surface area contributed by atoms with E-state index in [1.54, 1.807) is 18.2 Å². The first-order chi connectivity index (χ1) is 14.0. The zero-order chi connectivity index (χ0) is 20.2. The molecule has 0 saturated carbocycles. The second-order valence-corrected chi connectivity index (χ2v) is 9.12. The number of anilines is 1. The lowest BCUT2D eigenvalue weighted by atomic mass is 9.99. The van der Waals surface area contributed by atoms with Crippen LogP contribution in [-0.2, 0) is 11.3 Å². The number of likely N-dealkylation sites (tertiary alicyclic amines) is 1. The molecule has 0 radical (unpaired) electrons. The van der Waals surface area contributed by atoms with Crippen molar-refractivity contribution in [1.82, 2.24) is 9.88 Å². The minimum absolute atomic E-state index is 0.193. The zero-order valence-corrected chi connectivity index (χ0v) is 18.0. The van der Waals surface area contributed by atoms with Gasteiger partial charge in [0.05, 0.1) is 10.2 Å². The van der Waals surface area contributed by atoms with E-state index in [2.05, 4.69) is 34.3 Å². The van der Waals surface area contributed by atoms with Gasteiger partial charge in [-0.05, 0) is 73.3 Å². The van der Waals surface area contributed by atoms with Crippen molar-refractivity contribution in [2.75, 3.05) is 18.4 Å². The lowest BCUT2D eigenvalue weighted by Crippen LogP contribution is -2.32. The van der Waals surface area contributed by atoms with E-state index in [9.17, 15) is 4.79 Å². The van der Waals surface area contributed by atoms with Crippen LogP contribution in [0.2, 0.25) is 5.02 Å². The molecule has 0 aliphatic carbocycles. The maximum atomic E-state index is 12.2. The minimum Gasteiger partial charge on any atom is -0.299 e. The SMILES string of the molecule is CC1CCN(Cc2ccc3nc(NC(=O)/C=C/c4ccc(Cl)cc4)sc3c2)CC1. The third-order valence-electron chi connectivity index (χ3n) is 5.26. The predicted molar refractivity (Wildman–Crippen MR) is 122 cm³/mol. The summed E-state index contributed by atoms with van der Waals surface area (Å²) in [7, 11) is 0. The first-order valence-electron chi connectivity index (χ1n) is 9.91. The topological polar surface area (TPSA) is 45.2 Å². The quantitative estimate of drug-likeness (QED) is 0.523. The summed E-state index contributed by atoms with van der Waals surface area (Å²) >= 11 is 7.39. The number of nitrogens with one attached hydrogen (secondary N) is 1. The number of rotatable bonds is 5. The molecule has 1 aliphatic rings. The number of nitrogens with zero attached hydrogens (tertiary/aromatic N) is 2. The summed E-state index contributed by atoms with van der Waals surface area (Å²) in [5.74, 6) is 0.650. The summed E-state index contributed by atoms with van der Waals surface area (Å²) in [6.45, 7) is 5.65. The Labute approximate surface area is 180 Å². The van der Waals surface area contributed by atoms with Crippen molar-refractivity contribution in [2.45, 2.75) is 26.3 Å². The number of hydrogen-bond donors (Lipinski definition) is 1. The van der Waals surface area contributed by atoms with Crippen LogP contribution in [0.1, 0.15) is 30.9 Å². The summed E-state index contributed by atoms with van der Waals surface area (Å²) in [6.07, 6.45) is 5.83. The van der Waals surface area contributed by atoms with E-state index in [0.29, 0.717) is 10.2 Å². The second kappa shape index (κ2) is 9.08. The molecule has 0 unspecified atom stereocenters. The largest absolute Gasteiger partial charge is 0.299 e. The highest BCUT2D eigenvalue weighted by atomic mass is 35.5. The number of carbonyl (C=O) groups excluding carboxylic acids is 1. The van der Waals surface area contributed by atoms with Crippen LogP contribution in [-0.4, -0.2) is 28.9 Å². The van der Waals surface area contributed by atoms with E-state index in [4.69, 9.17) is 11.6 Å². The van der Waals surface area contributed by atoms with Gasteiger partial charge < -0.3 is 0 Å². The van der Waals surface area contributed by atoms with Gasteiger partial charge in [0.1, 0.15) is 0 Å². The van der Waals surface area contributed by atoms with Crippen molar-refractivity contribution in [2.24, 2.45) is 5.92 Å². The van der Waals surface area contributed by atoms with E-state index in [-0.39, 0.29) is 5.91 Å². The summed E-state index contributed by atoms with van der Waals surface area (Å²) in [5, 5.41) is 4.16. The number of hydrogen-bond acceptors (Lipinski definition) is 4. The van der Waals surface area contributed by atoms with Crippen LogP contribution < -0.4 is 5.32 Å². The van der Waals surface area contributed by atoms with Crippen LogP contribution in [0.25, 0.3) is 16.3 Å². The van der Waals surface area contributed by atoms with Crippen LogP contribution in [0.4, 0.5) is 5.13 Å². The molecule has 1 N–H and O–H groups in total. The molecular weight excluding hydrogens is 402 g/mol. The first-order valence-corrected chi connectivity index (χ1v) is 11.1. The average molecular weight is 426 g/mol. The molecule has 2 aromatic carbocycles. The number of amides is 1. The molecule has 2 heterocycles. The number of halogens is 1. The molecule has 1 saturated heterocycles. The smallest absolute Gasteiger partial charge is 0.250 e. The monoisotopic (exact) mass is 425 g/mol. The summed E-state index contributed by atoms with van der Waals surface area (Å²) in [5.41, 5.74) is 3.14. The fourth-order valence-corrected chi connectivity index (χ4v) is 4.55. The normalized spacial score (nSPS) is 15.9. The molecule has 29 heavy (non-hydrogen) atoms. The molecule has 1 aliphatic heterocycles. The van der Waals surface area contributed by atoms with Crippen LogP contribution in [0.5, 0.6) is 0 Å². The Morgan fingerprint density at radius 3 is 2.76 bits per heavy atom. The summed E-state index contributed by atoms with van der Waals surface area (Å²) < 4.78 is 1.10. The van der Waals surface area contributed by atoms with Gasteiger partial charge in [0, 0.05) is 17.6 Å². The van der Waals surface area contributed by atoms with Gasteiger partial charge in [-0.2, -0.15) is 0 Å². The molecule has 6 heteroatoms. The predicted octanol–water partition coefficient (Wildman–Crippen LogP) is 5.83. The zero-order valence-electron chi connectivity index (χ0n) is 16.4. The molecule has 3 aromatic rings. The molecule has 4 rings (SSSR count). The van der Waals surface area contributed by atoms with Gasteiger partial charge in [0.2, 0.25) is 5.91 Å². The lowest BCUT2D eigenvalue weighted by molar-refractivity contribution is -0.111. The van der Waals surface area contributed by atoms with Crippen molar-refractivity contribution in [3.63, 3.8) is 0 Å². The molecular formula is C23H24ClN3OS. The molecule has 0 bridgehead atoms. The van der Waals surface area contributed by atoms with Gasteiger partial charge in [-0.25, -0.2) is 4.98 Å². The Balaban J connectivity index is 1.39. The summed E-state index contributed by atoms with van der Waals surface area (Å²) in [4.78, 5) is 19.3. The summed E-state index contributed by atoms with van der Waals surface area (Å²) in [6, 6.07) is 13.7. The van der Waals surface area contributed by atoms with Crippen molar-refractivity contribution < 1.29 is 4.79 Å². The van der Waals surface area contributed by atoms with Gasteiger partial charge in [-0.15, -0.1) is 0 Å². The molecule has 0 atom stereocenters. The van der Waals surface area contributed by atoms with Gasteiger partial charge in [-0.3, -0.25) is 15.0 Å². The molecule has 1 fully saturated rings. The van der Waals surface area contributed by atoms with E-state index >= 15 is 0 Å². The van der Waals surface area contributed by atoms with Crippen LogP contribution in [0, 0.1) is 5.92 Å². The second-order valence-electron chi connectivity index (χ2n) is 7.65. The average Bonchev–Trinajstić information content (AvgIpc) is 3.11. The Bertz CT molecular complexity index is 1020. The number of piperidine rings is 1. The van der Waals surface area contributed by atoms with Gasteiger partial charge >= 0.3 is 0 Å². The van der Waals surface area contributed by atoms with Crippen LogP contribution in [0.15, 0.2) is 48.5 Å². The third kappa shape index (κ3) is 5.44. The molecule has 150 valence electrons. The van der Waals surface area contributed by atoms with Crippen molar-refractivity contribution >= 4 is 50.3 Å². The number of carbonyl (C=O) groups is 1. The molecule has 1 amide bonds. The van der Waals surface area contributed by atoms with Crippen LogP contribution >= 0.6 is 22.9 Å². The molecule has 4 nitrogen and oxygen atoms in total. The highest BCUT2D eigenvalue weighted by Gasteiger charge is 2.16. The van der Waals surface area contributed by atoms with Crippen molar-refractivity contribution in [3.05, 3.63) is 64.7 Å². The van der Waals surface area contributed by atoms with E-state index in [0.717, 1.165) is 28.2 Å². The van der Waals surface area contributed by atoms with E-state index < -0.39 is 0 Å². The van der Waals surface area contributed by atoms with E-state index in [1.807, 2.05) is 18.2 Å². The Hall–Kier alpha value is -2.21. The third-order valence-corrected chi connectivity index (χ3v) is 6.45. The Morgan fingerprint density at radius 1 is 1.24 bits per heavy atom. The van der Waals surface area contributed by atoms with Crippen LogP contribution in [0.3, 0.4) is 0 Å². The number of aromatic nitrogens is 1. The van der Waals surface area contributed by atoms with Crippen molar-refractivity contribution in [3.8, 4) is 0 Å². The fourth-order valence-electron chi connectivity index (χ4n) is 3.49. The molecule has 0 spiro atoms. The van der Waals surface area contributed by atoms with Gasteiger partial charge in [0.15, 0.2) is 5.13 Å². The number of thiazole rings is 1. The van der Waals surface area contributed by atoms with Crippen molar-refractivity contribution in [1.29, 1.82) is 0 Å². The molecule has 1 aromatic heterocycles. The highest BCUT2D eigenvalue weighted by molar-refractivity contribution is 7.22. The minimum atomic E-state index is -0.193. The Kier molecular flexibility index (Phi) is 6.28. The lowest BCUT2D eigenvalue weighted by Gasteiger charge is -2.30. The Morgan fingerprint density at radius 2 is 2.00 bits per heavy atom. The maximum absolute atomic E-state index is 12.2. The fraction of sp³-hybridized carbons (Fsp3) is 0.304. The first kappa shape index (κ1) is 20.1. The van der Waals surface area contributed by atoms with Gasteiger partial charge in [0.25, 0.3) is 0 Å². The number of fused-ring (bicyclic) bond motifs is 1. The van der Waals surface area contributed by atoms with E-state index in [1.165, 1.54) is 48.9 Å². The van der Waals surface area contributed by atoms with Gasteiger partial charge in [-0.1, -0.05) is 48.1 Å². The number of benzene rings is 2.